The first-order valence-electron chi connectivity index (χ1n) is 5.08. The van der Waals surface area contributed by atoms with Crippen molar-refractivity contribution in [2.75, 3.05) is 5.75 Å². The van der Waals surface area contributed by atoms with Crippen LogP contribution in [0.1, 0.15) is 5.56 Å². The fraction of sp³-hybridized carbons (Fsp3) is 0.143. The Labute approximate surface area is 95.3 Å². The van der Waals surface area contributed by atoms with E-state index in [9.17, 15) is 0 Å². The molecule has 2 aromatic carbocycles. The Hall–Kier alpha value is -1.21. The molecule has 0 amide bonds. The lowest BCUT2D eigenvalue weighted by Gasteiger charge is -2.01. The van der Waals surface area contributed by atoms with E-state index in [1.54, 1.807) is 0 Å². The normalized spacial score (nSPS) is 10.1. The average molecular weight is 213 g/mol. The van der Waals surface area contributed by atoms with Crippen LogP contribution in [0, 0.1) is 6.07 Å². The SMILES string of the molecule is [c]1ccc(SCCc2ccccc2)cc1. The number of benzene rings is 2. The molecular formula is C14H13S. The van der Waals surface area contributed by atoms with E-state index >= 15 is 0 Å². The van der Waals surface area contributed by atoms with Crippen LogP contribution >= 0.6 is 11.8 Å². The molecule has 0 aromatic heterocycles. The molecule has 0 aliphatic heterocycles. The molecule has 0 aliphatic rings. The Bertz CT molecular complexity index is 341. The van der Waals surface area contributed by atoms with Crippen molar-refractivity contribution >= 4 is 11.8 Å². The average Bonchev–Trinajstić information content (AvgIpc) is 2.32. The molecule has 0 heterocycles. The summed E-state index contributed by atoms with van der Waals surface area (Å²) >= 11 is 1.90. The van der Waals surface area contributed by atoms with Gasteiger partial charge in [0.05, 0.1) is 0 Å². The fourth-order valence-electron chi connectivity index (χ4n) is 1.40. The van der Waals surface area contributed by atoms with E-state index in [0.717, 1.165) is 12.2 Å². The quantitative estimate of drug-likeness (QED) is 0.696. The Morgan fingerprint density at radius 1 is 0.933 bits per heavy atom. The van der Waals surface area contributed by atoms with Gasteiger partial charge in [0.2, 0.25) is 0 Å². The van der Waals surface area contributed by atoms with E-state index in [2.05, 4.69) is 48.5 Å². The van der Waals surface area contributed by atoms with E-state index in [4.69, 9.17) is 0 Å². The third-order valence-corrected chi connectivity index (χ3v) is 3.20. The Morgan fingerprint density at radius 2 is 1.67 bits per heavy atom. The van der Waals surface area contributed by atoms with Gasteiger partial charge in [-0.3, -0.25) is 0 Å². The highest BCUT2D eigenvalue weighted by atomic mass is 32.2. The largest absolute Gasteiger partial charge is 0.126 e. The van der Waals surface area contributed by atoms with E-state index < -0.39 is 0 Å². The highest BCUT2D eigenvalue weighted by Crippen LogP contribution is 2.18. The maximum absolute atomic E-state index is 3.03. The lowest BCUT2D eigenvalue weighted by molar-refractivity contribution is 1.15. The summed E-state index contributed by atoms with van der Waals surface area (Å²) < 4.78 is 0. The molecule has 1 radical (unpaired) electrons. The second kappa shape index (κ2) is 5.62. The van der Waals surface area contributed by atoms with Gasteiger partial charge < -0.3 is 0 Å². The van der Waals surface area contributed by atoms with Crippen LogP contribution in [0.25, 0.3) is 0 Å². The highest BCUT2D eigenvalue weighted by molar-refractivity contribution is 7.99. The maximum atomic E-state index is 3.03. The summed E-state index contributed by atoms with van der Waals surface area (Å²) in [6.07, 6.45) is 1.13. The van der Waals surface area contributed by atoms with Crippen LogP contribution in [-0.2, 0) is 6.42 Å². The van der Waals surface area contributed by atoms with Gasteiger partial charge in [-0.1, -0.05) is 42.5 Å². The molecule has 0 nitrogen and oxygen atoms in total. The van der Waals surface area contributed by atoms with Gasteiger partial charge in [0.25, 0.3) is 0 Å². The van der Waals surface area contributed by atoms with E-state index in [1.165, 1.54) is 10.5 Å². The number of rotatable bonds is 4. The van der Waals surface area contributed by atoms with Crippen LogP contribution in [0.4, 0.5) is 0 Å². The predicted octanol–water partition coefficient (Wildman–Crippen LogP) is 3.82. The van der Waals surface area contributed by atoms with Gasteiger partial charge in [-0.25, -0.2) is 0 Å². The number of hydrogen-bond acceptors (Lipinski definition) is 1. The molecule has 2 rings (SSSR count). The minimum Gasteiger partial charge on any atom is -0.126 e. The van der Waals surface area contributed by atoms with E-state index in [1.807, 2.05) is 23.9 Å². The van der Waals surface area contributed by atoms with Crippen LogP contribution in [0.5, 0.6) is 0 Å². The standard InChI is InChI=1S/C14H13S/c1-3-7-13(8-4-1)11-12-15-14-9-5-2-6-10-14/h1,3-10H,11-12H2. The zero-order valence-corrected chi connectivity index (χ0v) is 9.34. The van der Waals surface area contributed by atoms with Gasteiger partial charge in [-0.2, -0.15) is 0 Å². The van der Waals surface area contributed by atoms with Gasteiger partial charge in [0, 0.05) is 10.6 Å². The summed E-state index contributed by atoms with van der Waals surface area (Å²) in [5.41, 5.74) is 1.41. The summed E-state index contributed by atoms with van der Waals surface area (Å²) in [4.78, 5) is 1.32. The number of thioether (sulfide) groups is 1. The molecule has 0 fully saturated rings. The van der Waals surface area contributed by atoms with Crippen LogP contribution in [0.15, 0.2) is 59.5 Å². The first kappa shape index (κ1) is 10.3. The topological polar surface area (TPSA) is 0 Å². The van der Waals surface area contributed by atoms with Gasteiger partial charge in [0.1, 0.15) is 0 Å². The fourth-order valence-corrected chi connectivity index (χ4v) is 2.30. The summed E-state index contributed by atoms with van der Waals surface area (Å²) in [6.45, 7) is 0. The molecule has 0 unspecified atom stereocenters. The molecular weight excluding hydrogens is 200 g/mol. The lowest BCUT2D eigenvalue weighted by Crippen LogP contribution is -1.87. The summed E-state index contributed by atoms with van der Waals surface area (Å²) in [5.74, 6) is 1.13. The summed E-state index contributed by atoms with van der Waals surface area (Å²) in [5, 5.41) is 0. The van der Waals surface area contributed by atoms with Crippen molar-refractivity contribution < 1.29 is 0 Å². The van der Waals surface area contributed by atoms with Crippen molar-refractivity contribution in [3.8, 4) is 0 Å². The molecule has 0 saturated carbocycles. The van der Waals surface area contributed by atoms with Crippen molar-refractivity contribution in [3.63, 3.8) is 0 Å². The van der Waals surface area contributed by atoms with Crippen molar-refractivity contribution in [3.05, 3.63) is 66.2 Å². The third kappa shape index (κ3) is 3.45. The minimum atomic E-state index is 1.13. The van der Waals surface area contributed by atoms with Crippen LogP contribution < -0.4 is 0 Å². The van der Waals surface area contributed by atoms with Crippen LogP contribution in [0.3, 0.4) is 0 Å². The zero-order valence-electron chi connectivity index (χ0n) is 8.52. The molecule has 0 aliphatic carbocycles. The molecule has 0 N–H and O–H groups in total. The lowest BCUT2D eigenvalue weighted by atomic mass is 10.2. The summed E-state index contributed by atoms with van der Waals surface area (Å²) in [6, 6.07) is 21.8. The molecule has 2 aromatic rings. The van der Waals surface area contributed by atoms with E-state index in [0.29, 0.717) is 0 Å². The zero-order chi connectivity index (χ0) is 10.3. The van der Waals surface area contributed by atoms with E-state index in [-0.39, 0.29) is 0 Å². The molecule has 1 heteroatoms. The van der Waals surface area contributed by atoms with Gasteiger partial charge in [0.15, 0.2) is 0 Å². The van der Waals surface area contributed by atoms with Crippen molar-refractivity contribution in [2.24, 2.45) is 0 Å². The van der Waals surface area contributed by atoms with Crippen molar-refractivity contribution in [1.82, 2.24) is 0 Å². The maximum Gasteiger partial charge on any atom is 0.00724 e. The van der Waals surface area contributed by atoms with Crippen LogP contribution in [0.2, 0.25) is 0 Å². The molecule has 15 heavy (non-hydrogen) atoms. The first-order valence-corrected chi connectivity index (χ1v) is 6.06. The van der Waals surface area contributed by atoms with Crippen molar-refractivity contribution in [2.45, 2.75) is 11.3 Å². The number of aryl methyl sites for hydroxylation is 1. The third-order valence-electron chi connectivity index (χ3n) is 2.19. The molecule has 0 bridgehead atoms. The molecule has 75 valence electrons. The minimum absolute atomic E-state index is 1.13. The Morgan fingerprint density at radius 3 is 2.40 bits per heavy atom. The highest BCUT2D eigenvalue weighted by Gasteiger charge is 1.94. The molecule has 0 atom stereocenters. The van der Waals surface area contributed by atoms with Crippen molar-refractivity contribution in [1.29, 1.82) is 0 Å². The second-order valence-corrected chi connectivity index (χ2v) is 4.49. The second-order valence-electron chi connectivity index (χ2n) is 3.32. The molecule has 0 spiro atoms. The van der Waals surface area contributed by atoms with Gasteiger partial charge in [-0.05, 0) is 30.2 Å². The van der Waals surface area contributed by atoms with Gasteiger partial charge >= 0.3 is 0 Å². The number of hydrogen-bond donors (Lipinski definition) is 0. The van der Waals surface area contributed by atoms with Gasteiger partial charge in [-0.15, -0.1) is 11.8 Å². The monoisotopic (exact) mass is 213 g/mol. The predicted molar refractivity (Wildman–Crippen MR) is 66.1 cm³/mol. The smallest absolute Gasteiger partial charge is 0.00724 e. The van der Waals surface area contributed by atoms with Crippen LogP contribution in [-0.4, -0.2) is 5.75 Å². The summed E-state index contributed by atoms with van der Waals surface area (Å²) in [7, 11) is 0. The Balaban J connectivity index is 1.81. The molecule has 0 saturated heterocycles. The Kier molecular flexibility index (Phi) is 3.86. The first-order chi connectivity index (χ1) is 7.45.